The van der Waals surface area contributed by atoms with Crippen molar-refractivity contribution < 1.29 is 13.2 Å². The molecule has 0 aliphatic carbocycles. The summed E-state index contributed by atoms with van der Waals surface area (Å²) in [5.41, 5.74) is 6.39. The maximum Gasteiger partial charge on any atom is 0.433 e. The molecule has 0 atom stereocenters. The van der Waals surface area contributed by atoms with Gasteiger partial charge in [-0.05, 0) is 29.9 Å². The average Bonchev–Trinajstić information content (AvgIpc) is 2.97. The van der Waals surface area contributed by atoms with Crippen LogP contribution in [0, 0.1) is 0 Å². The lowest BCUT2D eigenvalue weighted by molar-refractivity contribution is -0.141. The van der Waals surface area contributed by atoms with Crippen LogP contribution in [-0.2, 0) is 19.0 Å². The molecule has 0 aliphatic rings. The van der Waals surface area contributed by atoms with Crippen LogP contribution in [0.3, 0.4) is 0 Å². The summed E-state index contributed by atoms with van der Waals surface area (Å²) in [4.78, 5) is 11.7. The Labute approximate surface area is 161 Å². The number of nitrogens with zero attached hydrogens (tertiary/aromatic N) is 3. The standard InChI is InChI=1S/C16H14ClF3N4S2/c1-2-8-7-26-13-10(8)5-9(22-14(13)17)3-4-25-15-23-11(16(18,19)20)6-12(21)24-15/h5-7H,2-4H2,1H3,(H2,21,23,24). The van der Waals surface area contributed by atoms with Gasteiger partial charge >= 0.3 is 6.18 Å². The van der Waals surface area contributed by atoms with Crippen molar-refractivity contribution in [1.29, 1.82) is 0 Å². The third-order valence-electron chi connectivity index (χ3n) is 3.64. The number of hydrogen-bond acceptors (Lipinski definition) is 6. The van der Waals surface area contributed by atoms with Gasteiger partial charge in [0.15, 0.2) is 10.9 Å². The van der Waals surface area contributed by atoms with Gasteiger partial charge in [-0.15, -0.1) is 11.3 Å². The maximum absolute atomic E-state index is 12.8. The maximum atomic E-state index is 12.8. The number of alkyl halides is 3. The SMILES string of the molecule is CCc1csc2c(Cl)nc(CCSc3nc(N)cc(C(F)(F)F)n3)cc12. The minimum atomic E-state index is -4.55. The third kappa shape index (κ3) is 4.21. The molecule has 0 radical (unpaired) electrons. The van der Waals surface area contributed by atoms with E-state index in [-0.39, 0.29) is 11.0 Å². The van der Waals surface area contributed by atoms with Crippen molar-refractivity contribution in [2.75, 3.05) is 11.5 Å². The van der Waals surface area contributed by atoms with Crippen LogP contribution in [-0.4, -0.2) is 20.7 Å². The number of thioether (sulfide) groups is 1. The Kier molecular flexibility index (Phi) is 5.59. The Morgan fingerprint density at radius 1 is 1.23 bits per heavy atom. The fourth-order valence-electron chi connectivity index (χ4n) is 2.40. The number of nitrogen functional groups attached to an aromatic ring is 1. The number of thiophene rings is 1. The number of nitrogens with two attached hydrogens (primary N) is 1. The zero-order chi connectivity index (χ0) is 18.9. The van der Waals surface area contributed by atoms with E-state index in [0.717, 1.165) is 40.0 Å². The lowest BCUT2D eigenvalue weighted by atomic mass is 10.1. The quantitative estimate of drug-likeness (QED) is 0.349. The molecule has 3 heterocycles. The van der Waals surface area contributed by atoms with Gasteiger partial charge in [0.1, 0.15) is 11.0 Å². The molecule has 0 amide bonds. The Hall–Kier alpha value is -1.58. The Morgan fingerprint density at radius 3 is 2.69 bits per heavy atom. The highest BCUT2D eigenvalue weighted by Crippen LogP contribution is 2.33. The highest BCUT2D eigenvalue weighted by Gasteiger charge is 2.33. The van der Waals surface area contributed by atoms with Crippen LogP contribution in [0.5, 0.6) is 0 Å². The fourth-order valence-corrected chi connectivity index (χ4v) is 4.58. The topological polar surface area (TPSA) is 64.7 Å². The Balaban J connectivity index is 1.74. The molecule has 0 aromatic carbocycles. The zero-order valence-electron chi connectivity index (χ0n) is 13.6. The van der Waals surface area contributed by atoms with Gasteiger partial charge in [0, 0.05) is 22.9 Å². The monoisotopic (exact) mass is 418 g/mol. The average molecular weight is 419 g/mol. The normalized spacial score (nSPS) is 12.0. The molecule has 138 valence electrons. The lowest BCUT2D eigenvalue weighted by Crippen LogP contribution is -2.11. The summed E-state index contributed by atoms with van der Waals surface area (Å²) in [5.74, 6) is 0.254. The van der Waals surface area contributed by atoms with Crippen LogP contribution < -0.4 is 5.73 Å². The van der Waals surface area contributed by atoms with Crippen molar-refractivity contribution in [3.05, 3.63) is 39.6 Å². The van der Waals surface area contributed by atoms with Gasteiger partial charge in [0.05, 0.1) is 4.70 Å². The molecule has 0 bridgehead atoms. The smallest absolute Gasteiger partial charge is 0.384 e. The van der Waals surface area contributed by atoms with E-state index in [1.54, 1.807) is 11.3 Å². The lowest BCUT2D eigenvalue weighted by Gasteiger charge is -2.08. The van der Waals surface area contributed by atoms with E-state index in [1.165, 1.54) is 5.56 Å². The first kappa shape index (κ1) is 19.2. The molecule has 3 aromatic rings. The van der Waals surface area contributed by atoms with Crippen molar-refractivity contribution in [1.82, 2.24) is 15.0 Å². The minimum Gasteiger partial charge on any atom is -0.384 e. The van der Waals surface area contributed by atoms with Crippen LogP contribution in [0.25, 0.3) is 10.1 Å². The van der Waals surface area contributed by atoms with Gasteiger partial charge in [0.2, 0.25) is 0 Å². The number of anilines is 1. The molecule has 3 rings (SSSR count). The summed E-state index contributed by atoms with van der Waals surface area (Å²) in [6.07, 6.45) is -3.13. The van der Waals surface area contributed by atoms with Gasteiger partial charge in [-0.1, -0.05) is 30.3 Å². The fraction of sp³-hybridized carbons (Fsp3) is 0.312. The molecule has 2 N–H and O–H groups in total. The zero-order valence-corrected chi connectivity index (χ0v) is 16.0. The van der Waals surface area contributed by atoms with Crippen LogP contribution >= 0.6 is 34.7 Å². The van der Waals surface area contributed by atoms with Crippen LogP contribution in [0.4, 0.5) is 19.0 Å². The van der Waals surface area contributed by atoms with Crippen molar-refractivity contribution in [3.8, 4) is 0 Å². The number of aryl methyl sites for hydroxylation is 2. The summed E-state index contributed by atoms with van der Waals surface area (Å²) < 4.78 is 39.3. The van der Waals surface area contributed by atoms with E-state index in [0.29, 0.717) is 17.3 Å². The molecule has 0 unspecified atom stereocenters. The summed E-state index contributed by atoms with van der Waals surface area (Å²) >= 11 is 8.91. The number of fused-ring (bicyclic) bond motifs is 1. The molecular weight excluding hydrogens is 405 g/mol. The molecule has 0 spiro atoms. The third-order valence-corrected chi connectivity index (χ3v) is 5.92. The Morgan fingerprint density at radius 2 is 2.00 bits per heavy atom. The minimum absolute atomic E-state index is 0.00530. The van der Waals surface area contributed by atoms with Gasteiger partial charge in [-0.25, -0.2) is 15.0 Å². The second-order valence-corrected chi connectivity index (χ2v) is 7.75. The van der Waals surface area contributed by atoms with Crippen LogP contribution in [0.2, 0.25) is 5.15 Å². The van der Waals surface area contributed by atoms with Gasteiger partial charge in [0.25, 0.3) is 0 Å². The van der Waals surface area contributed by atoms with Crippen molar-refractivity contribution >= 4 is 50.6 Å². The van der Waals surface area contributed by atoms with E-state index in [2.05, 4.69) is 27.3 Å². The molecule has 3 aromatic heterocycles. The second-order valence-electron chi connectivity index (χ2n) is 5.45. The molecule has 0 saturated carbocycles. The van der Waals surface area contributed by atoms with Crippen molar-refractivity contribution in [2.45, 2.75) is 31.1 Å². The summed E-state index contributed by atoms with van der Waals surface area (Å²) in [6, 6.07) is 2.71. The highest BCUT2D eigenvalue weighted by atomic mass is 35.5. The van der Waals surface area contributed by atoms with Gasteiger partial charge in [-0.2, -0.15) is 13.2 Å². The first-order valence-electron chi connectivity index (χ1n) is 7.68. The second kappa shape index (κ2) is 7.58. The molecule has 4 nitrogen and oxygen atoms in total. The van der Waals surface area contributed by atoms with Crippen LogP contribution in [0.15, 0.2) is 22.7 Å². The van der Waals surface area contributed by atoms with E-state index in [9.17, 15) is 13.2 Å². The number of hydrogen-bond donors (Lipinski definition) is 1. The van der Waals surface area contributed by atoms with E-state index < -0.39 is 11.9 Å². The van der Waals surface area contributed by atoms with Crippen LogP contribution in [0.1, 0.15) is 23.9 Å². The number of rotatable bonds is 5. The summed E-state index contributed by atoms with van der Waals surface area (Å²) in [7, 11) is 0. The highest BCUT2D eigenvalue weighted by molar-refractivity contribution is 7.99. The van der Waals surface area contributed by atoms with Gasteiger partial charge < -0.3 is 5.73 Å². The molecule has 10 heteroatoms. The van der Waals surface area contributed by atoms with Gasteiger partial charge in [-0.3, -0.25) is 0 Å². The number of pyridine rings is 1. The first-order valence-corrected chi connectivity index (χ1v) is 9.92. The number of aromatic nitrogens is 3. The molecule has 0 fully saturated rings. The van der Waals surface area contributed by atoms with Crippen molar-refractivity contribution in [2.24, 2.45) is 0 Å². The molecule has 0 aliphatic heterocycles. The van der Waals surface area contributed by atoms with E-state index in [1.807, 2.05) is 6.07 Å². The van der Waals surface area contributed by atoms with E-state index in [4.69, 9.17) is 17.3 Å². The summed E-state index contributed by atoms with van der Waals surface area (Å²) in [6.45, 7) is 2.07. The predicted molar refractivity (Wildman–Crippen MR) is 99.9 cm³/mol. The largest absolute Gasteiger partial charge is 0.433 e. The first-order chi connectivity index (χ1) is 12.3. The summed E-state index contributed by atoms with van der Waals surface area (Å²) in [5, 5.41) is 3.59. The predicted octanol–water partition coefficient (Wildman–Crippen LogP) is 5.24. The van der Waals surface area contributed by atoms with Crippen molar-refractivity contribution in [3.63, 3.8) is 0 Å². The number of halogens is 4. The van der Waals surface area contributed by atoms with E-state index >= 15 is 0 Å². The molecule has 26 heavy (non-hydrogen) atoms. The molecule has 0 saturated heterocycles. The Bertz CT molecular complexity index is 943. The molecular formula is C16H14ClF3N4S2.